The molecule has 3 heterocycles. The number of rotatable bonds is 2. The van der Waals surface area contributed by atoms with Crippen molar-refractivity contribution in [3.63, 3.8) is 0 Å². The van der Waals surface area contributed by atoms with E-state index in [0.29, 0.717) is 0 Å². The van der Waals surface area contributed by atoms with Gasteiger partial charge in [-0.1, -0.05) is 72.8 Å². The number of aromatic nitrogens is 4. The molecule has 0 unspecified atom stereocenters. The van der Waals surface area contributed by atoms with E-state index in [1.807, 2.05) is 60.7 Å². The molecule has 0 bridgehead atoms. The zero-order valence-corrected chi connectivity index (χ0v) is 18.2. The Kier molecular flexibility index (Phi) is 4.11. The summed E-state index contributed by atoms with van der Waals surface area (Å²) in [5.41, 5.74) is 6.57. The van der Waals surface area contributed by atoms with Crippen LogP contribution < -0.4 is 0 Å². The van der Waals surface area contributed by atoms with Gasteiger partial charge in [0.15, 0.2) is 0 Å². The molecular weight excluding hydrogens is 416 g/mol. The van der Waals surface area contributed by atoms with E-state index in [2.05, 4.69) is 48.5 Å². The maximum atomic E-state index is 5.09. The van der Waals surface area contributed by atoms with Gasteiger partial charge in [-0.25, -0.2) is 19.9 Å². The Morgan fingerprint density at radius 2 is 0.735 bits per heavy atom. The van der Waals surface area contributed by atoms with E-state index in [1.165, 1.54) is 0 Å². The molecule has 4 nitrogen and oxygen atoms in total. The first-order chi connectivity index (χ1) is 16.8. The van der Waals surface area contributed by atoms with E-state index in [4.69, 9.17) is 19.9 Å². The van der Waals surface area contributed by atoms with Gasteiger partial charge in [0.2, 0.25) is 0 Å². The van der Waals surface area contributed by atoms with Crippen LogP contribution in [0.3, 0.4) is 0 Å². The van der Waals surface area contributed by atoms with E-state index in [9.17, 15) is 0 Å². The van der Waals surface area contributed by atoms with E-state index in [0.717, 1.165) is 66.4 Å². The topological polar surface area (TPSA) is 51.6 Å². The van der Waals surface area contributed by atoms with Gasteiger partial charge in [0, 0.05) is 10.8 Å². The molecule has 0 radical (unpaired) electrons. The molecule has 0 aliphatic heterocycles. The second-order valence-corrected chi connectivity index (χ2v) is 8.39. The van der Waals surface area contributed by atoms with Gasteiger partial charge in [-0.15, -0.1) is 0 Å². The number of nitrogens with zero attached hydrogens (tertiary/aromatic N) is 4. The lowest BCUT2D eigenvalue weighted by Gasteiger charge is -2.11. The number of hydrogen-bond acceptors (Lipinski definition) is 4. The first kappa shape index (κ1) is 18.8. The molecule has 0 aliphatic carbocycles. The normalized spacial score (nSPS) is 11.5. The van der Waals surface area contributed by atoms with Gasteiger partial charge in [0.05, 0.1) is 33.5 Å². The van der Waals surface area contributed by atoms with Gasteiger partial charge in [0.1, 0.15) is 11.4 Å². The number of hydrogen-bond donors (Lipinski definition) is 0. The Morgan fingerprint density at radius 3 is 1.21 bits per heavy atom. The second kappa shape index (κ2) is 7.42. The third kappa shape index (κ3) is 3.08. The summed E-state index contributed by atoms with van der Waals surface area (Å²) in [6.45, 7) is 0. The molecule has 158 valence electrons. The fraction of sp³-hybridized carbons (Fsp3) is 0. The maximum Gasteiger partial charge on any atom is 0.117 e. The zero-order chi connectivity index (χ0) is 22.5. The molecule has 0 N–H and O–H groups in total. The fourth-order valence-electron chi connectivity index (χ4n) is 4.50. The van der Waals surface area contributed by atoms with Gasteiger partial charge in [0.25, 0.3) is 0 Å². The van der Waals surface area contributed by atoms with Crippen molar-refractivity contribution in [2.45, 2.75) is 0 Å². The van der Waals surface area contributed by atoms with E-state index >= 15 is 0 Å². The number of benzene rings is 4. The Labute approximate surface area is 195 Å². The quantitative estimate of drug-likeness (QED) is 0.270. The SMILES string of the molecule is c1ccc2cc3nc(-c4ccc5ccccc5n4)c(-c4ccc5ccccc5n4)nc3cc2c1. The van der Waals surface area contributed by atoms with Gasteiger partial charge < -0.3 is 0 Å². The van der Waals surface area contributed by atoms with Crippen molar-refractivity contribution in [2.75, 3.05) is 0 Å². The standard InChI is InChI=1S/C30H18N4/c1-2-10-22-18-28-27(17-21(22)9-1)33-29(25-15-13-19-7-3-5-11-23(19)31-25)30(34-28)26-16-14-20-8-4-6-12-24(20)32-26/h1-18H. The van der Waals surface area contributed by atoms with Crippen LogP contribution in [0.15, 0.2) is 109 Å². The van der Waals surface area contributed by atoms with Crippen molar-refractivity contribution in [3.8, 4) is 22.8 Å². The maximum absolute atomic E-state index is 5.09. The van der Waals surface area contributed by atoms with E-state index in [-0.39, 0.29) is 0 Å². The number of pyridine rings is 2. The van der Waals surface area contributed by atoms with E-state index < -0.39 is 0 Å². The van der Waals surface area contributed by atoms with Crippen LogP contribution in [0.1, 0.15) is 0 Å². The number of fused-ring (bicyclic) bond motifs is 4. The molecule has 4 aromatic carbocycles. The van der Waals surface area contributed by atoms with Gasteiger partial charge in [-0.2, -0.15) is 0 Å². The molecule has 0 saturated heterocycles. The Hall–Kier alpha value is -4.70. The first-order valence-corrected chi connectivity index (χ1v) is 11.2. The Balaban J connectivity index is 1.54. The van der Waals surface area contributed by atoms with E-state index in [1.54, 1.807) is 0 Å². The van der Waals surface area contributed by atoms with Crippen LogP contribution in [0, 0.1) is 0 Å². The molecule has 34 heavy (non-hydrogen) atoms. The molecular formula is C30H18N4. The summed E-state index contributed by atoms with van der Waals surface area (Å²) in [6, 6.07) is 36.9. The van der Waals surface area contributed by atoms with Crippen LogP contribution in [0.2, 0.25) is 0 Å². The summed E-state index contributed by atoms with van der Waals surface area (Å²) in [5, 5.41) is 4.46. The van der Waals surface area contributed by atoms with Gasteiger partial charge in [-0.3, -0.25) is 0 Å². The van der Waals surface area contributed by atoms with Crippen molar-refractivity contribution in [2.24, 2.45) is 0 Å². The lowest BCUT2D eigenvalue weighted by atomic mass is 10.1. The highest BCUT2D eigenvalue weighted by molar-refractivity contribution is 5.97. The highest BCUT2D eigenvalue weighted by Gasteiger charge is 2.17. The minimum Gasteiger partial charge on any atom is -0.246 e. The molecule has 3 aromatic heterocycles. The predicted octanol–water partition coefficient (Wildman–Crippen LogP) is 7.21. The first-order valence-electron chi connectivity index (χ1n) is 11.2. The lowest BCUT2D eigenvalue weighted by Crippen LogP contribution is -1.99. The zero-order valence-electron chi connectivity index (χ0n) is 18.2. The molecule has 0 saturated carbocycles. The molecule has 4 heteroatoms. The van der Waals surface area contributed by atoms with Crippen molar-refractivity contribution in [3.05, 3.63) is 109 Å². The fourth-order valence-corrected chi connectivity index (χ4v) is 4.50. The van der Waals surface area contributed by atoms with Crippen molar-refractivity contribution < 1.29 is 0 Å². The average Bonchev–Trinajstić information content (AvgIpc) is 2.90. The molecule has 0 atom stereocenters. The van der Waals surface area contributed by atoms with Crippen LogP contribution in [0.5, 0.6) is 0 Å². The smallest absolute Gasteiger partial charge is 0.117 e. The molecule has 0 spiro atoms. The molecule has 0 amide bonds. The average molecular weight is 435 g/mol. The highest BCUT2D eigenvalue weighted by Crippen LogP contribution is 2.32. The van der Waals surface area contributed by atoms with Crippen LogP contribution >= 0.6 is 0 Å². The summed E-state index contributed by atoms with van der Waals surface area (Å²) in [6.07, 6.45) is 0. The molecule has 7 rings (SSSR count). The molecule has 0 fully saturated rings. The highest BCUT2D eigenvalue weighted by atomic mass is 14.9. The minimum atomic E-state index is 0.733. The third-order valence-corrected chi connectivity index (χ3v) is 6.21. The monoisotopic (exact) mass is 434 g/mol. The van der Waals surface area contributed by atoms with Crippen molar-refractivity contribution in [1.82, 2.24) is 19.9 Å². The van der Waals surface area contributed by atoms with Crippen LogP contribution in [0.4, 0.5) is 0 Å². The van der Waals surface area contributed by atoms with Crippen LogP contribution in [0.25, 0.3) is 66.4 Å². The summed E-state index contributed by atoms with van der Waals surface area (Å²) in [5.74, 6) is 0. The molecule has 0 aliphatic rings. The number of para-hydroxylation sites is 2. The largest absolute Gasteiger partial charge is 0.246 e. The van der Waals surface area contributed by atoms with Crippen molar-refractivity contribution in [1.29, 1.82) is 0 Å². The summed E-state index contributed by atoms with van der Waals surface area (Å²) in [4.78, 5) is 20.1. The summed E-state index contributed by atoms with van der Waals surface area (Å²) in [7, 11) is 0. The summed E-state index contributed by atoms with van der Waals surface area (Å²) < 4.78 is 0. The van der Waals surface area contributed by atoms with Crippen molar-refractivity contribution >= 4 is 43.6 Å². The second-order valence-electron chi connectivity index (χ2n) is 8.39. The Morgan fingerprint density at radius 1 is 0.324 bits per heavy atom. The predicted molar refractivity (Wildman–Crippen MR) is 139 cm³/mol. The van der Waals surface area contributed by atoms with Crippen LogP contribution in [-0.4, -0.2) is 19.9 Å². The Bertz CT molecular complexity index is 1740. The third-order valence-electron chi connectivity index (χ3n) is 6.21. The van der Waals surface area contributed by atoms with Crippen LogP contribution in [-0.2, 0) is 0 Å². The van der Waals surface area contributed by atoms with Gasteiger partial charge >= 0.3 is 0 Å². The molecule has 7 aromatic rings. The summed E-state index contributed by atoms with van der Waals surface area (Å²) >= 11 is 0. The van der Waals surface area contributed by atoms with Gasteiger partial charge in [-0.05, 0) is 47.2 Å². The minimum absolute atomic E-state index is 0.733. The lowest BCUT2D eigenvalue weighted by molar-refractivity contribution is 1.24.